The molecule has 0 aliphatic carbocycles. The summed E-state index contributed by atoms with van der Waals surface area (Å²) in [4.78, 5) is 9.20. The second-order valence-electron chi connectivity index (χ2n) is 5.40. The number of hydrogen-bond donors (Lipinski definition) is 2. The van der Waals surface area contributed by atoms with E-state index in [1.807, 2.05) is 14.0 Å². The topological polar surface area (TPSA) is 49.8 Å². The van der Waals surface area contributed by atoms with Crippen LogP contribution in [0.5, 0.6) is 0 Å². The van der Waals surface area contributed by atoms with E-state index in [1.54, 1.807) is 0 Å². The van der Waals surface area contributed by atoms with Crippen molar-refractivity contribution in [2.45, 2.75) is 33.6 Å². The molecule has 4 nitrogen and oxygen atoms in total. The SMILES string of the molecule is CNc1nc(C(C)C)nc(Nc2ccc(C)c(Br)c2)c1C. The number of halogens is 1. The molecule has 0 radical (unpaired) electrons. The maximum atomic E-state index is 4.65. The van der Waals surface area contributed by atoms with Gasteiger partial charge in [-0.15, -0.1) is 0 Å². The van der Waals surface area contributed by atoms with Crippen LogP contribution < -0.4 is 10.6 Å². The predicted octanol–water partition coefficient (Wildman–Crippen LogP) is 4.76. The Labute approximate surface area is 134 Å². The summed E-state index contributed by atoms with van der Waals surface area (Å²) in [6, 6.07) is 6.19. The van der Waals surface area contributed by atoms with Crippen molar-refractivity contribution in [3.8, 4) is 0 Å². The minimum Gasteiger partial charge on any atom is -0.373 e. The zero-order valence-corrected chi connectivity index (χ0v) is 14.7. The summed E-state index contributed by atoms with van der Waals surface area (Å²) in [5.74, 6) is 2.82. The summed E-state index contributed by atoms with van der Waals surface area (Å²) in [5.41, 5.74) is 3.23. The molecule has 2 N–H and O–H groups in total. The zero-order valence-electron chi connectivity index (χ0n) is 13.1. The van der Waals surface area contributed by atoms with Gasteiger partial charge in [0.2, 0.25) is 0 Å². The highest BCUT2D eigenvalue weighted by Crippen LogP contribution is 2.27. The number of aryl methyl sites for hydroxylation is 1. The van der Waals surface area contributed by atoms with Crippen LogP contribution >= 0.6 is 15.9 Å². The van der Waals surface area contributed by atoms with Crippen LogP contribution in [0.1, 0.15) is 36.7 Å². The maximum absolute atomic E-state index is 4.65. The Morgan fingerprint density at radius 2 is 1.76 bits per heavy atom. The number of rotatable bonds is 4. The third kappa shape index (κ3) is 3.53. The van der Waals surface area contributed by atoms with Crippen molar-refractivity contribution in [1.82, 2.24) is 9.97 Å². The Bertz CT molecular complexity index is 653. The van der Waals surface area contributed by atoms with Gasteiger partial charge >= 0.3 is 0 Å². The molecule has 0 aliphatic rings. The lowest BCUT2D eigenvalue weighted by Gasteiger charge is -2.15. The van der Waals surface area contributed by atoms with E-state index >= 15 is 0 Å². The minimum atomic E-state index is 0.281. The molecule has 0 atom stereocenters. The first-order chi connectivity index (χ1) is 9.92. The smallest absolute Gasteiger partial charge is 0.139 e. The highest BCUT2D eigenvalue weighted by atomic mass is 79.9. The quantitative estimate of drug-likeness (QED) is 0.835. The molecule has 1 aromatic carbocycles. The fourth-order valence-corrected chi connectivity index (χ4v) is 2.34. The predicted molar refractivity (Wildman–Crippen MR) is 92.6 cm³/mol. The zero-order chi connectivity index (χ0) is 15.6. The van der Waals surface area contributed by atoms with Gasteiger partial charge in [0.1, 0.15) is 17.5 Å². The summed E-state index contributed by atoms with van der Waals surface area (Å²) in [6.07, 6.45) is 0. The van der Waals surface area contributed by atoms with Crippen molar-refractivity contribution < 1.29 is 0 Å². The van der Waals surface area contributed by atoms with Crippen LogP contribution in [0.15, 0.2) is 22.7 Å². The molecule has 0 unspecified atom stereocenters. The molecular formula is C16H21BrN4. The van der Waals surface area contributed by atoms with E-state index in [2.05, 4.69) is 75.5 Å². The lowest BCUT2D eigenvalue weighted by Crippen LogP contribution is -2.08. The molecule has 5 heteroatoms. The Kier molecular flexibility index (Phi) is 4.83. The second-order valence-corrected chi connectivity index (χ2v) is 6.25. The van der Waals surface area contributed by atoms with Gasteiger partial charge in [-0.1, -0.05) is 35.8 Å². The van der Waals surface area contributed by atoms with Crippen LogP contribution in [0.25, 0.3) is 0 Å². The molecule has 0 aliphatic heterocycles. The summed E-state index contributed by atoms with van der Waals surface area (Å²) < 4.78 is 1.08. The van der Waals surface area contributed by atoms with Crippen LogP contribution in [-0.2, 0) is 0 Å². The van der Waals surface area contributed by atoms with Crippen LogP contribution in [0.3, 0.4) is 0 Å². The maximum Gasteiger partial charge on any atom is 0.139 e. The molecule has 1 heterocycles. The van der Waals surface area contributed by atoms with Gasteiger partial charge in [0.15, 0.2) is 0 Å². The van der Waals surface area contributed by atoms with Crippen molar-refractivity contribution >= 4 is 33.3 Å². The van der Waals surface area contributed by atoms with E-state index < -0.39 is 0 Å². The van der Waals surface area contributed by atoms with Crippen LogP contribution in [-0.4, -0.2) is 17.0 Å². The van der Waals surface area contributed by atoms with Crippen LogP contribution in [0, 0.1) is 13.8 Å². The third-order valence-electron chi connectivity index (χ3n) is 3.35. The number of nitrogens with one attached hydrogen (secondary N) is 2. The molecular weight excluding hydrogens is 328 g/mol. The van der Waals surface area contributed by atoms with E-state index in [-0.39, 0.29) is 5.92 Å². The molecule has 21 heavy (non-hydrogen) atoms. The monoisotopic (exact) mass is 348 g/mol. The normalized spacial score (nSPS) is 10.8. The van der Waals surface area contributed by atoms with Crippen molar-refractivity contribution in [3.05, 3.63) is 39.6 Å². The molecule has 0 saturated heterocycles. The lowest BCUT2D eigenvalue weighted by molar-refractivity contribution is 0.775. The molecule has 0 amide bonds. The van der Waals surface area contributed by atoms with E-state index in [0.29, 0.717) is 0 Å². The van der Waals surface area contributed by atoms with Gasteiger partial charge in [-0.05, 0) is 31.5 Å². The van der Waals surface area contributed by atoms with Crippen LogP contribution in [0.4, 0.5) is 17.3 Å². The van der Waals surface area contributed by atoms with Gasteiger partial charge in [0.25, 0.3) is 0 Å². The van der Waals surface area contributed by atoms with Crippen molar-refractivity contribution in [2.75, 3.05) is 17.7 Å². The minimum absolute atomic E-state index is 0.281. The number of hydrogen-bond acceptors (Lipinski definition) is 4. The Hall–Kier alpha value is -1.62. The number of benzene rings is 1. The fraction of sp³-hybridized carbons (Fsp3) is 0.375. The summed E-state index contributed by atoms with van der Waals surface area (Å²) >= 11 is 3.56. The van der Waals surface area contributed by atoms with E-state index in [1.165, 1.54) is 5.56 Å². The van der Waals surface area contributed by atoms with Gasteiger partial charge in [-0.25, -0.2) is 9.97 Å². The van der Waals surface area contributed by atoms with Gasteiger partial charge in [-0.2, -0.15) is 0 Å². The standard InChI is InChI=1S/C16H21BrN4/c1-9(2)14-20-15(18-5)11(4)16(21-14)19-12-7-6-10(3)13(17)8-12/h6-9H,1-5H3,(H2,18,19,20,21). The molecule has 2 rings (SSSR count). The Morgan fingerprint density at radius 1 is 1.10 bits per heavy atom. The molecule has 0 bridgehead atoms. The average Bonchev–Trinajstić information content (AvgIpc) is 2.44. The first-order valence-electron chi connectivity index (χ1n) is 7.01. The summed E-state index contributed by atoms with van der Waals surface area (Å²) in [7, 11) is 1.88. The molecule has 1 aromatic heterocycles. The number of anilines is 3. The summed E-state index contributed by atoms with van der Waals surface area (Å²) in [6.45, 7) is 8.27. The lowest BCUT2D eigenvalue weighted by atomic mass is 10.2. The fourth-order valence-electron chi connectivity index (χ4n) is 1.96. The van der Waals surface area contributed by atoms with Crippen LogP contribution in [0.2, 0.25) is 0 Å². The van der Waals surface area contributed by atoms with E-state index in [0.717, 1.165) is 33.2 Å². The first kappa shape index (κ1) is 15.8. The number of aromatic nitrogens is 2. The molecule has 0 saturated carbocycles. The van der Waals surface area contributed by atoms with Crippen molar-refractivity contribution in [1.29, 1.82) is 0 Å². The Morgan fingerprint density at radius 3 is 2.33 bits per heavy atom. The van der Waals surface area contributed by atoms with Crippen molar-refractivity contribution in [2.24, 2.45) is 0 Å². The average molecular weight is 349 g/mol. The second kappa shape index (κ2) is 6.43. The van der Waals surface area contributed by atoms with Gasteiger partial charge in [-0.3, -0.25) is 0 Å². The van der Waals surface area contributed by atoms with Gasteiger partial charge in [0.05, 0.1) is 0 Å². The van der Waals surface area contributed by atoms with Crippen molar-refractivity contribution in [3.63, 3.8) is 0 Å². The highest BCUT2D eigenvalue weighted by molar-refractivity contribution is 9.10. The third-order valence-corrected chi connectivity index (χ3v) is 4.21. The largest absolute Gasteiger partial charge is 0.373 e. The highest BCUT2D eigenvalue weighted by Gasteiger charge is 2.12. The molecule has 0 fully saturated rings. The number of nitrogens with zero attached hydrogens (tertiary/aromatic N) is 2. The first-order valence-corrected chi connectivity index (χ1v) is 7.81. The molecule has 0 spiro atoms. The van der Waals surface area contributed by atoms with Gasteiger partial charge < -0.3 is 10.6 Å². The Balaban J connectivity index is 2.42. The summed E-state index contributed by atoms with van der Waals surface area (Å²) in [5, 5.41) is 6.53. The molecule has 112 valence electrons. The van der Waals surface area contributed by atoms with E-state index in [4.69, 9.17) is 0 Å². The van der Waals surface area contributed by atoms with Gasteiger partial charge in [0, 0.05) is 28.7 Å². The molecule has 2 aromatic rings. The van der Waals surface area contributed by atoms with E-state index in [9.17, 15) is 0 Å².